The summed E-state index contributed by atoms with van der Waals surface area (Å²) in [4.78, 5) is 28.3. The first-order chi connectivity index (χ1) is 14.1. The van der Waals surface area contributed by atoms with Crippen LogP contribution in [-0.2, 0) is 9.53 Å². The molecule has 7 nitrogen and oxygen atoms in total. The quantitative estimate of drug-likeness (QED) is 0.666. The number of benzene rings is 1. The van der Waals surface area contributed by atoms with Crippen molar-refractivity contribution in [3.8, 4) is 11.5 Å². The van der Waals surface area contributed by atoms with Gasteiger partial charge in [0.25, 0.3) is 5.91 Å². The van der Waals surface area contributed by atoms with Crippen LogP contribution in [0.5, 0.6) is 11.5 Å². The lowest BCUT2D eigenvalue weighted by molar-refractivity contribution is -0.125. The number of methoxy groups -OCH3 is 3. The smallest absolute Gasteiger partial charge is 0.263 e. The number of ether oxygens (including phenoxy) is 3. The molecule has 1 aliphatic rings. The molecule has 2 atom stereocenters. The normalized spacial score (nSPS) is 18.5. The van der Waals surface area contributed by atoms with Crippen molar-refractivity contribution in [2.75, 3.05) is 47.6 Å². The van der Waals surface area contributed by atoms with Gasteiger partial charge in [0.05, 0.1) is 31.6 Å². The second-order valence-corrected chi connectivity index (χ2v) is 7.71. The topological polar surface area (TPSA) is 77.1 Å². The van der Waals surface area contributed by atoms with E-state index in [0.29, 0.717) is 42.6 Å². The second-order valence-electron chi connectivity index (χ2n) is 6.77. The standard InChI is InChI=1S/C21H26N2O5S/c1-26-10-9-22-20(24)16-13-23(21(25)18-8-5-11-29-18)12-15(16)14-6-4-7-17(27-2)19(14)28-3/h4-8,11,15-16H,9-10,12-13H2,1-3H3,(H,22,24). The van der Waals surface area contributed by atoms with E-state index in [9.17, 15) is 9.59 Å². The van der Waals surface area contributed by atoms with Gasteiger partial charge in [0.1, 0.15) is 0 Å². The van der Waals surface area contributed by atoms with Crippen molar-refractivity contribution in [2.45, 2.75) is 5.92 Å². The van der Waals surface area contributed by atoms with Gasteiger partial charge >= 0.3 is 0 Å². The molecule has 1 saturated heterocycles. The van der Waals surface area contributed by atoms with Crippen molar-refractivity contribution >= 4 is 23.2 Å². The van der Waals surface area contributed by atoms with Gasteiger partial charge in [0, 0.05) is 38.2 Å². The predicted octanol–water partition coefficient (Wildman–Crippen LogP) is 2.38. The van der Waals surface area contributed by atoms with E-state index in [4.69, 9.17) is 14.2 Å². The van der Waals surface area contributed by atoms with Crippen molar-refractivity contribution in [1.82, 2.24) is 10.2 Å². The van der Waals surface area contributed by atoms with E-state index in [-0.39, 0.29) is 17.7 Å². The summed E-state index contributed by atoms with van der Waals surface area (Å²) in [6.07, 6.45) is 0. The third-order valence-corrected chi connectivity index (χ3v) is 5.97. The molecule has 0 bridgehead atoms. The number of carbonyl (C=O) groups excluding carboxylic acids is 2. The minimum absolute atomic E-state index is 0.0564. The second kappa shape index (κ2) is 9.76. The molecule has 2 aromatic rings. The van der Waals surface area contributed by atoms with Crippen LogP contribution < -0.4 is 14.8 Å². The molecule has 156 valence electrons. The van der Waals surface area contributed by atoms with Crippen LogP contribution in [0.3, 0.4) is 0 Å². The van der Waals surface area contributed by atoms with Gasteiger partial charge in [-0.15, -0.1) is 11.3 Å². The monoisotopic (exact) mass is 418 g/mol. The Morgan fingerprint density at radius 1 is 1.14 bits per heavy atom. The van der Waals surface area contributed by atoms with Crippen LogP contribution in [0.4, 0.5) is 0 Å². The Morgan fingerprint density at radius 2 is 1.97 bits per heavy atom. The van der Waals surface area contributed by atoms with E-state index >= 15 is 0 Å². The number of thiophene rings is 1. The summed E-state index contributed by atoms with van der Waals surface area (Å²) in [6.45, 7) is 1.64. The van der Waals surface area contributed by atoms with E-state index in [1.807, 2.05) is 29.6 Å². The van der Waals surface area contributed by atoms with E-state index in [1.165, 1.54) is 11.3 Å². The number of rotatable bonds is 8. The number of hydrogen-bond donors (Lipinski definition) is 1. The first-order valence-electron chi connectivity index (χ1n) is 9.41. The lowest BCUT2D eigenvalue weighted by Crippen LogP contribution is -2.37. The Kier molecular flexibility index (Phi) is 7.11. The van der Waals surface area contributed by atoms with Crippen molar-refractivity contribution in [1.29, 1.82) is 0 Å². The maximum Gasteiger partial charge on any atom is 0.263 e. The average molecular weight is 419 g/mol. The van der Waals surface area contributed by atoms with Crippen LogP contribution in [0.1, 0.15) is 21.2 Å². The molecule has 8 heteroatoms. The molecule has 2 amide bonds. The summed E-state index contributed by atoms with van der Waals surface area (Å²) < 4.78 is 16.0. The largest absolute Gasteiger partial charge is 0.493 e. The van der Waals surface area contributed by atoms with Crippen molar-refractivity contribution in [2.24, 2.45) is 5.92 Å². The van der Waals surface area contributed by atoms with E-state index < -0.39 is 5.92 Å². The Morgan fingerprint density at radius 3 is 2.62 bits per heavy atom. The first kappa shape index (κ1) is 21.1. The highest BCUT2D eigenvalue weighted by atomic mass is 32.1. The summed E-state index contributed by atoms with van der Waals surface area (Å²) in [5, 5.41) is 4.79. The number of para-hydroxylation sites is 1. The number of amides is 2. The fourth-order valence-corrected chi connectivity index (χ4v) is 4.41. The SMILES string of the molecule is COCCNC(=O)C1CN(C(=O)c2cccs2)CC1c1cccc(OC)c1OC. The van der Waals surface area contributed by atoms with Crippen molar-refractivity contribution in [3.05, 3.63) is 46.2 Å². The lowest BCUT2D eigenvalue weighted by atomic mass is 9.87. The highest BCUT2D eigenvalue weighted by Crippen LogP contribution is 2.42. The number of hydrogen-bond acceptors (Lipinski definition) is 6. The molecule has 1 N–H and O–H groups in total. The minimum Gasteiger partial charge on any atom is -0.493 e. The average Bonchev–Trinajstić information content (AvgIpc) is 3.43. The Bertz CT molecular complexity index is 840. The highest BCUT2D eigenvalue weighted by molar-refractivity contribution is 7.12. The summed E-state index contributed by atoms with van der Waals surface area (Å²) >= 11 is 1.40. The van der Waals surface area contributed by atoms with Gasteiger partial charge in [0.15, 0.2) is 11.5 Å². The van der Waals surface area contributed by atoms with Gasteiger partial charge in [0.2, 0.25) is 5.91 Å². The van der Waals surface area contributed by atoms with Gasteiger partial charge in [-0.3, -0.25) is 9.59 Å². The van der Waals surface area contributed by atoms with E-state index in [1.54, 1.807) is 32.3 Å². The zero-order valence-corrected chi connectivity index (χ0v) is 17.7. The Labute approximate surface area is 174 Å². The Balaban J connectivity index is 1.91. The van der Waals surface area contributed by atoms with Crippen LogP contribution in [-0.4, -0.2) is 64.3 Å². The molecule has 1 aliphatic heterocycles. The van der Waals surface area contributed by atoms with Crippen LogP contribution in [0.2, 0.25) is 0 Å². The van der Waals surface area contributed by atoms with Gasteiger partial charge in [-0.1, -0.05) is 18.2 Å². The molecular formula is C21H26N2O5S. The molecule has 29 heavy (non-hydrogen) atoms. The van der Waals surface area contributed by atoms with E-state index in [0.717, 1.165) is 5.56 Å². The molecule has 0 aliphatic carbocycles. The number of carbonyl (C=O) groups is 2. The first-order valence-corrected chi connectivity index (χ1v) is 10.3. The summed E-state index contributed by atoms with van der Waals surface area (Å²) in [5.41, 5.74) is 0.861. The highest BCUT2D eigenvalue weighted by Gasteiger charge is 2.42. The van der Waals surface area contributed by atoms with Gasteiger partial charge in [-0.25, -0.2) is 0 Å². The maximum absolute atomic E-state index is 12.9. The predicted molar refractivity (Wildman–Crippen MR) is 111 cm³/mol. The van der Waals surface area contributed by atoms with Crippen molar-refractivity contribution in [3.63, 3.8) is 0 Å². The molecule has 0 radical (unpaired) electrons. The van der Waals surface area contributed by atoms with Gasteiger partial charge in [-0.2, -0.15) is 0 Å². The molecule has 0 saturated carbocycles. The van der Waals surface area contributed by atoms with Crippen LogP contribution in [0.25, 0.3) is 0 Å². The lowest BCUT2D eigenvalue weighted by Gasteiger charge is -2.21. The molecular weight excluding hydrogens is 392 g/mol. The minimum atomic E-state index is -0.392. The molecule has 1 aromatic heterocycles. The third-order valence-electron chi connectivity index (χ3n) is 5.11. The molecule has 2 unspecified atom stereocenters. The summed E-state index contributed by atoms with van der Waals surface area (Å²) in [6, 6.07) is 9.28. The third kappa shape index (κ3) is 4.54. The van der Waals surface area contributed by atoms with Crippen LogP contribution in [0, 0.1) is 5.92 Å². The molecule has 1 aromatic carbocycles. The fourth-order valence-electron chi connectivity index (χ4n) is 3.72. The number of nitrogens with zero attached hydrogens (tertiary/aromatic N) is 1. The summed E-state index contributed by atoms with van der Waals surface area (Å²) in [7, 11) is 4.75. The fraction of sp³-hybridized carbons (Fsp3) is 0.429. The van der Waals surface area contributed by atoms with Crippen LogP contribution in [0.15, 0.2) is 35.7 Å². The number of nitrogens with one attached hydrogen (secondary N) is 1. The van der Waals surface area contributed by atoms with E-state index in [2.05, 4.69) is 5.32 Å². The molecule has 1 fully saturated rings. The van der Waals surface area contributed by atoms with Gasteiger partial charge < -0.3 is 24.4 Å². The molecule has 0 spiro atoms. The van der Waals surface area contributed by atoms with Crippen molar-refractivity contribution < 1.29 is 23.8 Å². The number of likely N-dealkylation sites (tertiary alicyclic amines) is 1. The zero-order valence-electron chi connectivity index (χ0n) is 16.8. The Hall–Kier alpha value is -2.58. The summed E-state index contributed by atoms with van der Waals surface area (Å²) in [5.74, 6) is 0.451. The maximum atomic E-state index is 12.9. The molecule has 3 rings (SSSR count). The van der Waals surface area contributed by atoms with Crippen LogP contribution >= 0.6 is 11.3 Å². The zero-order chi connectivity index (χ0) is 20.8. The van der Waals surface area contributed by atoms with Gasteiger partial charge in [-0.05, 0) is 17.5 Å². The molecule has 2 heterocycles.